The van der Waals surface area contributed by atoms with Crippen molar-refractivity contribution in [3.05, 3.63) is 0 Å². The fraction of sp³-hybridized carbons (Fsp3) is 0.917. The lowest BCUT2D eigenvalue weighted by Crippen LogP contribution is -2.37. The first-order valence-electron chi connectivity index (χ1n) is 6.24. The maximum atomic E-state index is 11.1. The summed E-state index contributed by atoms with van der Waals surface area (Å²) in [6, 6.07) is 0. The van der Waals surface area contributed by atoms with E-state index in [0.29, 0.717) is 5.78 Å². The molecule has 2 saturated heterocycles. The second-order valence-electron chi connectivity index (χ2n) is 4.89. The van der Waals surface area contributed by atoms with E-state index in [1.54, 1.807) is 0 Å². The quantitative estimate of drug-likeness (QED) is 0.694. The average molecular weight is 210 g/mol. The molecule has 0 aromatic rings. The second-order valence-corrected chi connectivity index (χ2v) is 4.89. The van der Waals surface area contributed by atoms with E-state index in [-0.39, 0.29) is 0 Å². The number of hydrogen-bond acceptors (Lipinski definition) is 3. The van der Waals surface area contributed by atoms with E-state index in [0.717, 1.165) is 31.8 Å². The minimum atomic E-state index is 0.452. The van der Waals surface area contributed by atoms with E-state index >= 15 is 0 Å². The molecular weight excluding hydrogens is 188 g/mol. The topological polar surface area (TPSA) is 23.6 Å². The highest BCUT2D eigenvalue weighted by Gasteiger charge is 2.25. The second kappa shape index (κ2) is 5.08. The van der Waals surface area contributed by atoms with Crippen LogP contribution in [0.5, 0.6) is 0 Å². The van der Waals surface area contributed by atoms with Crippen molar-refractivity contribution < 1.29 is 4.79 Å². The van der Waals surface area contributed by atoms with Gasteiger partial charge >= 0.3 is 0 Å². The van der Waals surface area contributed by atoms with Crippen molar-refractivity contribution in [2.75, 3.05) is 39.3 Å². The van der Waals surface area contributed by atoms with Crippen LogP contribution in [0.4, 0.5) is 0 Å². The smallest absolute Gasteiger partial charge is 0.135 e. The number of hydrogen-bond donors (Lipinski definition) is 0. The Bertz CT molecular complexity index is 220. The monoisotopic (exact) mass is 210 g/mol. The van der Waals surface area contributed by atoms with Gasteiger partial charge in [0.2, 0.25) is 0 Å². The zero-order valence-electron chi connectivity index (χ0n) is 9.74. The third kappa shape index (κ3) is 3.02. The summed E-state index contributed by atoms with van der Waals surface area (Å²) in [6.07, 6.45) is 2.91. The van der Waals surface area contributed by atoms with Gasteiger partial charge in [0, 0.05) is 39.0 Å². The average Bonchev–Trinajstić information content (AvgIpc) is 2.69. The lowest BCUT2D eigenvalue weighted by molar-refractivity contribution is -0.121. The maximum Gasteiger partial charge on any atom is 0.135 e. The molecule has 0 radical (unpaired) electrons. The molecule has 0 N–H and O–H groups in total. The summed E-state index contributed by atoms with van der Waals surface area (Å²) in [7, 11) is 0. The largest absolute Gasteiger partial charge is 0.303 e. The summed E-state index contributed by atoms with van der Waals surface area (Å²) in [5.74, 6) is 1.30. The SMILES string of the molecule is CCN1CCC(CN2CCC(=O)CC2)C1. The van der Waals surface area contributed by atoms with Gasteiger partial charge < -0.3 is 9.80 Å². The molecule has 1 unspecified atom stereocenters. The normalized spacial score (nSPS) is 29.9. The van der Waals surface area contributed by atoms with Crippen molar-refractivity contribution in [1.82, 2.24) is 9.80 Å². The Morgan fingerprint density at radius 3 is 2.53 bits per heavy atom. The predicted molar refractivity (Wildman–Crippen MR) is 60.9 cm³/mol. The lowest BCUT2D eigenvalue weighted by atomic mass is 10.1. The minimum Gasteiger partial charge on any atom is -0.303 e. The first-order chi connectivity index (χ1) is 7.28. The van der Waals surface area contributed by atoms with E-state index in [9.17, 15) is 4.79 Å². The standard InChI is InChI=1S/C12H22N2O/c1-2-13-6-3-11(9-13)10-14-7-4-12(15)5-8-14/h11H,2-10H2,1H3. The van der Waals surface area contributed by atoms with Crippen molar-refractivity contribution >= 4 is 5.78 Å². The molecule has 0 spiro atoms. The maximum absolute atomic E-state index is 11.1. The zero-order chi connectivity index (χ0) is 10.7. The molecule has 1 atom stereocenters. The number of carbonyl (C=O) groups excluding carboxylic acids is 1. The number of nitrogens with zero attached hydrogens (tertiary/aromatic N) is 2. The van der Waals surface area contributed by atoms with E-state index in [2.05, 4.69) is 16.7 Å². The van der Waals surface area contributed by atoms with Crippen LogP contribution in [0.1, 0.15) is 26.2 Å². The first kappa shape index (κ1) is 11.1. The summed E-state index contributed by atoms with van der Waals surface area (Å²) < 4.78 is 0. The molecular formula is C12H22N2O. The van der Waals surface area contributed by atoms with Gasteiger partial charge in [-0.3, -0.25) is 4.79 Å². The van der Waals surface area contributed by atoms with Gasteiger partial charge in [-0.1, -0.05) is 6.92 Å². The summed E-state index contributed by atoms with van der Waals surface area (Å²) >= 11 is 0. The van der Waals surface area contributed by atoms with Crippen LogP contribution in [0.15, 0.2) is 0 Å². The Kier molecular flexibility index (Phi) is 3.76. The molecule has 3 nitrogen and oxygen atoms in total. The molecule has 0 aromatic carbocycles. The molecule has 2 aliphatic rings. The lowest BCUT2D eigenvalue weighted by Gasteiger charge is -2.28. The van der Waals surface area contributed by atoms with Crippen LogP contribution in [0.25, 0.3) is 0 Å². The Balaban J connectivity index is 1.71. The molecule has 0 aliphatic carbocycles. The van der Waals surface area contributed by atoms with Crippen LogP contribution >= 0.6 is 0 Å². The van der Waals surface area contributed by atoms with Gasteiger partial charge in [0.1, 0.15) is 5.78 Å². The van der Waals surface area contributed by atoms with Crippen LogP contribution in [-0.2, 0) is 4.79 Å². The Labute approximate surface area is 92.4 Å². The van der Waals surface area contributed by atoms with Gasteiger partial charge in [-0.15, -0.1) is 0 Å². The van der Waals surface area contributed by atoms with Crippen molar-refractivity contribution in [3.63, 3.8) is 0 Å². The Hall–Kier alpha value is -0.410. The fourth-order valence-corrected chi connectivity index (χ4v) is 2.70. The van der Waals surface area contributed by atoms with Crippen molar-refractivity contribution in [3.8, 4) is 0 Å². The molecule has 3 heteroatoms. The van der Waals surface area contributed by atoms with Crippen LogP contribution in [-0.4, -0.2) is 54.9 Å². The molecule has 0 saturated carbocycles. The van der Waals surface area contributed by atoms with Crippen molar-refractivity contribution in [2.45, 2.75) is 26.2 Å². The number of ketones is 1. The van der Waals surface area contributed by atoms with Crippen molar-refractivity contribution in [2.24, 2.45) is 5.92 Å². The van der Waals surface area contributed by atoms with Crippen LogP contribution in [0, 0.1) is 5.92 Å². The summed E-state index contributed by atoms with van der Waals surface area (Å²) in [6.45, 7) is 9.18. The predicted octanol–water partition coefficient (Wildman–Crippen LogP) is 0.993. The molecule has 15 heavy (non-hydrogen) atoms. The summed E-state index contributed by atoms with van der Waals surface area (Å²) in [5, 5.41) is 0. The number of piperidine rings is 1. The summed E-state index contributed by atoms with van der Waals surface area (Å²) in [5.41, 5.74) is 0. The van der Waals surface area contributed by atoms with E-state index < -0.39 is 0 Å². The molecule has 2 rings (SSSR count). The minimum absolute atomic E-state index is 0.452. The van der Waals surface area contributed by atoms with Crippen LogP contribution in [0.3, 0.4) is 0 Å². The highest BCUT2D eigenvalue weighted by molar-refractivity contribution is 5.79. The number of carbonyl (C=O) groups is 1. The number of rotatable bonds is 3. The van der Waals surface area contributed by atoms with Gasteiger partial charge in [0.15, 0.2) is 0 Å². The third-order valence-corrected chi connectivity index (χ3v) is 3.75. The molecule has 2 aliphatic heterocycles. The molecule has 2 fully saturated rings. The van der Waals surface area contributed by atoms with E-state index in [1.165, 1.54) is 32.6 Å². The number of Topliss-reactive ketones (excluding diaryl/α,β-unsaturated/α-hetero) is 1. The van der Waals surface area contributed by atoms with Gasteiger partial charge in [-0.25, -0.2) is 0 Å². The molecule has 2 heterocycles. The molecule has 86 valence electrons. The first-order valence-corrected chi connectivity index (χ1v) is 6.24. The molecule has 0 bridgehead atoms. The Morgan fingerprint density at radius 2 is 1.93 bits per heavy atom. The van der Waals surface area contributed by atoms with E-state index in [1.807, 2.05) is 0 Å². The van der Waals surface area contributed by atoms with Gasteiger partial charge in [0.05, 0.1) is 0 Å². The zero-order valence-corrected chi connectivity index (χ0v) is 9.74. The van der Waals surface area contributed by atoms with Crippen LogP contribution in [0.2, 0.25) is 0 Å². The molecule has 0 aromatic heterocycles. The van der Waals surface area contributed by atoms with Gasteiger partial charge in [-0.05, 0) is 25.4 Å². The Morgan fingerprint density at radius 1 is 1.20 bits per heavy atom. The third-order valence-electron chi connectivity index (χ3n) is 3.75. The highest BCUT2D eigenvalue weighted by Crippen LogP contribution is 2.18. The van der Waals surface area contributed by atoms with Gasteiger partial charge in [-0.2, -0.15) is 0 Å². The van der Waals surface area contributed by atoms with Crippen LogP contribution < -0.4 is 0 Å². The summed E-state index contributed by atoms with van der Waals surface area (Å²) in [4.78, 5) is 16.1. The fourth-order valence-electron chi connectivity index (χ4n) is 2.70. The molecule has 0 amide bonds. The van der Waals surface area contributed by atoms with E-state index in [4.69, 9.17) is 0 Å². The van der Waals surface area contributed by atoms with Gasteiger partial charge in [0.25, 0.3) is 0 Å². The van der Waals surface area contributed by atoms with Crippen molar-refractivity contribution in [1.29, 1.82) is 0 Å². The number of likely N-dealkylation sites (tertiary alicyclic amines) is 2. The highest BCUT2D eigenvalue weighted by atomic mass is 16.1.